The largest absolute Gasteiger partial charge is 0.325 e. The first-order chi connectivity index (χ1) is 15.5. The van der Waals surface area contributed by atoms with Crippen LogP contribution in [0.3, 0.4) is 0 Å². The summed E-state index contributed by atoms with van der Waals surface area (Å²) in [5.74, 6) is -0.0397. The summed E-state index contributed by atoms with van der Waals surface area (Å²) < 4.78 is 1.51. The molecule has 0 spiro atoms. The summed E-state index contributed by atoms with van der Waals surface area (Å²) in [4.78, 5) is 30.8. The number of thioether (sulfide) groups is 1. The molecule has 0 radical (unpaired) electrons. The number of anilines is 1. The van der Waals surface area contributed by atoms with E-state index in [4.69, 9.17) is 11.6 Å². The molecule has 0 bridgehead atoms. The molecule has 1 aromatic heterocycles. The number of carbonyl (C=O) groups is 1. The Hall–Kier alpha value is -3.09. The van der Waals surface area contributed by atoms with Crippen molar-refractivity contribution in [2.45, 2.75) is 25.4 Å². The maximum absolute atomic E-state index is 13.3. The highest BCUT2D eigenvalue weighted by Gasteiger charge is 2.16. The third-order valence-corrected chi connectivity index (χ3v) is 6.32. The van der Waals surface area contributed by atoms with Crippen molar-refractivity contribution >= 4 is 45.9 Å². The van der Waals surface area contributed by atoms with Crippen molar-refractivity contribution in [1.82, 2.24) is 9.55 Å². The molecule has 0 aliphatic heterocycles. The van der Waals surface area contributed by atoms with Crippen LogP contribution in [-0.2, 0) is 11.2 Å². The second-order valence-electron chi connectivity index (χ2n) is 7.33. The van der Waals surface area contributed by atoms with Crippen molar-refractivity contribution in [3.05, 3.63) is 93.2 Å². The Bertz CT molecular complexity index is 1370. The number of rotatable bonds is 6. The van der Waals surface area contributed by atoms with Gasteiger partial charge in [-0.05, 0) is 54.8 Å². The maximum atomic E-state index is 13.3. The maximum Gasteiger partial charge on any atom is 0.266 e. The zero-order chi connectivity index (χ0) is 22.7. The Labute approximate surface area is 195 Å². The van der Waals surface area contributed by atoms with Gasteiger partial charge in [-0.15, -0.1) is 0 Å². The number of hydrogen-bond donors (Lipinski definition) is 1. The normalized spacial score (nSPS) is 11.0. The average Bonchev–Trinajstić information content (AvgIpc) is 2.79. The number of halogens is 1. The Balaban J connectivity index is 1.68. The Morgan fingerprint density at radius 3 is 2.66 bits per heavy atom. The highest BCUT2D eigenvalue weighted by Crippen LogP contribution is 2.25. The lowest BCUT2D eigenvalue weighted by Gasteiger charge is -2.15. The van der Waals surface area contributed by atoms with Gasteiger partial charge in [-0.3, -0.25) is 14.2 Å². The molecule has 0 aliphatic carbocycles. The summed E-state index contributed by atoms with van der Waals surface area (Å²) in [7, 11) is 0. The lowest BCUT2D eigenvalue weighted by atomic mass is 10.1. The van der Waals surface area contributed by atoms with Crippen LogP contribution in [0.2, 0.25) is 5.02 Å². The van der Waals surface area contributed by atoms with E-state index in [1.807, 2.05) is 37.3 Å². The molecule has 0 saturated carbocycles. The molecule has 32 heavy (non-hydrogen) atoms. The van der Waals surface area contributed by atoms with Gasteiger partial charge in [0, 0.05) is 10.7 Å². The number of benzene rings is 3. The number of nitrogens with one attached hydrogen (secondary N) is 1. The second kappa shape index (κ2) is 9.59. The zero-order valence-electron chi connectivity index (χ0n) is 17.8. The summed E-state index contributed by atoms with van der Waals surface area (Å²) >= 11 is 7.39. The molecule has 0 atom stereocenters. The molecule has 1 amide bonds. The molecule has 0 fully saturated rings. The van der Waals surface area contributed by atoms with E-state index in [1.54, 1.807) is 36.4 Å². The van der Waals surface area contributed by atoms with Gasteiger partial charge in [0.2, 0.25) is 5.91 Å². The summed E-state index contributed by atoms with van der Waals surface area (Å²) in [6.07, 6.45) is 0.824. The zero-order valence-corrected chi connectivity index (χ0v) is 19.3. The number of aromatic nitrogens is 2. The Morgan fingerprint density at radius 1 is 1.09 bits per heavy atom. The van der Waals surface area contributed by atoms with Gasteiger partial charge in [0.05, 0.1) is 22.3 Å². The van der Waals surface area contributed by atoms with Crippen LogP contribution in [-0.4, -0.2) is 21.2 Å². The minimum atomic E-state index is -0.201. The molecule has 4 rings (SSSR count). The van der Waals surface area contributed by atoms with Crippen LogP contribution in [0.25, 0.3) is 16.6 Å². The standard InChI is InChI=1S/C25H22ClN3O2S/c1-3-17-9-6-8-16(2)23(17)28-22(30)15-32-25-27-21-13-5-4-12-20(21)24(31)29(25)19-11-7-10-18(26)14-19/h4-14H,3,15H2,1-2H3,(H,28,30). The van der Waals surface area contributed by atoms with E-state index in [-0.39, 0.29) is 17.2 Å². The number of aryl methyl sites for hydroxylation is 2. The molecule has 3 aromatic carbocycles. The number of carbonyl (C=O) groups excluding carboxylic acids is 1. The van der Waals surface area contributed by atoms with Gasteiger partial charge >= 0.3 is 0 Å². The first-order valence-corrected chi connectivity index (χ1v) is 11.6. The molecule has 1 N–H and O–H groups in total. The van der Waals surface area contributed by atoms with Crippen molar-refractivity contribution in [3.8, 4) is 5.69 Å². The van der Waals surface area contributed by atoms with Crippen LogP contribution in [0.1, 0.15) is 18.1 Å². The fraction of sp³-hybridized carbons (Fsp3) is 0.160. The average molecular weight is 464 g/mol. The first kappa shape index (κ1) is 22.1. The van der Waals surface area contributed by atoms with Gasteiger partial charge in [-0.1, -0.05) is 66.7 Å². The second-order valence-corrected chi connectivity index (χ2v) is 8.71. The van der Waals surface area contributed by atoms with Gasteiger partial charge in [0.1, 0.15) is 0 Å². The van der Waals surface area contributed by atoms with Crippen LogP contribution in [0.15, 0.2) is 76.7 Å². The molecule has 0 saturated heterocycles. The quantitative estimate of drug-likeness (QED) is 0.297. The van der Waals surface area contributed by atoms with E-state index in [9.17, 15) is 9.59 Å². The molecule has 4 aromatic rings. The van der Waals surface area contributed by atoms with Crippen molar-refractivity contribution < 1.29 is 4.79 Å². The third kappa shape index (κ3) is 4.56. The highest BCUT2D eigenvalue weighted by molar-refractivity contribution is 7.99. The fourth-order valence-electron chi connectivity index (χ4n) is 3.56. The molecule has 1 heterocycles. The first-order valence-electron chi connectivity index (χ1n) is 10.3. The molecule has 5 nitrogen and oxygen atoms in total. The van der Waals surface area contributed by atoms with Crippen molar-refractivity contribution in [2.75, 3.05) is 11.1 Å². The molecule has 7 heteroatoms. The molecule has 0 unspecified atom stereocenters. The minimum Gasteiger partial charge on any atom is -0.325 e. The molecule has 0 aliphatic rings. The highest BCUT2D eigenvalue weighted by atomic mass is 35.5. The number of fused-ring (bicyclic) bond motifs is 1. The summed E-state index contributed by atoms with van der Waals surface area (Å²) in [5.41, 5.74) is 3.94. The van der Waals surface area contributed by atoms with Gasteiger partial charge < -0.3 is 5.32 Å². The van der Waals surface area contributed by atoms with Crippen LogP contribution in [0, 0.1) is 6.92 Å². The van der Waals surface area contributed by atoms with Gasteiger partial charge in [0.25, 0.3) is 5.56 Å². The van der Waals surface area contributed by atoms with Crippen molar-refractivity contribution in [2.24, 2.45) is 0 Å². The van der Waals surface area contributed by atoms with E-state index in [0.717, 1.165) is 23.2 Å². The lowest BCUT2D eigenvalue weighted by Crippen LogP contribution is -2.23. The summed E-state index contributed by atoms with van der Waals surface area (Å²) in [6, 6.07) is 20.2. The predicted octanol–water partition coefficient (Wildman–Crippen LogP) is 5.64. The van der Waals surface area contributed by atoms with Gasteiger partial charge in [0.15, 0.2) is 5.16 Å². The molecular weight excluding hydrogens is 442 g/mol. The van der Waals surface area contributed by atoms with Gasteiger partial charge in [-0.2, -0.15) is 0 Å². The van der Waals surface area contributed by atoms with Gasteiger partial charge in [-0.25, -0.2) is 4.98 Å². The fourth-order valence-corrected chi connectivity index (χ4v) is 4.56. The SMILES string of the molecule is CCc1cccc(C)c1NC(=O)CSc1nc2ccccc2c(=O)n1-c1cccc(Cl)c1. The van der Waals surface area contributed by atoms with E-state index in [0.29, 0.717) is 26.8 Å². The predicted molar refractivity (Wildman–Crippen MR) is 132 cm³/mol. The smallest absolute Gasteiger partial charge is 0.266 e. The number of amides is 1. The monoisotopic (exact) mass is 463 g/mol. The number of para-hydroxylation sites is 2. The van der Waals surface area contributed by atoms with Crippen LogP contribution in [0.4, 0.5) is 5.69 Å². The van der Waals surface area contributed by atoms with Crippen LogP contribution in [0.5, 0.6) is 0 Å². The minimum absolute atomic E-state index is 0.114. The topological polar surface area (TPSA) is 64.0 Å². The van der Waals surface area contributed by atoms with Crippen LogP contribution >= 0.6 is 23.4 Å². The third-order valence-electron chi connectivity index (χ3n) is 5.15. The van der Waals surface area contributed by atoms with E-state index >= 15 is 0 Å². The van der Waals surface area contributed by atoms with E-state index < -0.39 is 0 Å². The van der Waals surface area contributed by atoms with Crippen LogP contribution < -0.4 is 10.9 Å². The van der Waals surface area contributed by atoms with Crippen molar-refractivity contribution in [1.29, 1.82) is 0 Å². The van der Waals surface area contributed by atoms with E-state index in [2.05, 4.69) is 17.2 Å². The molecule has 162 valence electrons. The summed E-state index contributed by atoms with van der Waals surface area (Å²) in [5, 5.41) is 4.49. The molecular formula is C25H22ClN3O2S. The number of nitrogens with zero attached hydrogens (tertiary/aromatic N) is 2. The number of hydrogen-bond acceptors (Lipinski definition) is 4. The van der Waals surface area contributed by atoms with E-state index in [1.165, 1.54) is 16.3 Å². The lowest BCUT2D eigenvalue weighted by molar-refractivity contribution is -0.113. The summed E-state index contributed by atoms with van der Waals surface area (Å²) in [6.45, 7) is 4.03. The Morgan fingerprint density at radius 2 is 1.88 bits per heavy atom. The van der Waals surface area contributed by atoms with Crippen molar-refractivity contribution in [3.63, 3.8) is 0 Å². The Kier molecular flexibility index (Phi) is 6.63.